The minimum atomic E-state index is -3.67. The van der Waals surface area contributed by atoms with Crippen LogP contribution < -0.4 is 9.47 Å². The van der Waals surface area contributed by atoms with Crippen LogP contribution in [0.4, 0.5) is 0 Å². The Labute approximate surface area is 212 Å². The molecule has 0 N–H and O–H groups in total. The lowest BCUT2D eigenvalue weighted by Gasteiger charge is -2.39. The lowest BCUT2D eigenvalue weighted by Crippen LogP contribution is -2.45. The van der Waals surface area contributed by atoms with Gasteiger partial charge in [0.05, 0.1) is 19.8 Å². The van der Waals surface area contributed by atoms with Crippen molar-refractivity contribution in [2.45, 2.75) is 19.3 Å². The van der Waals surface area contributed by atoms with Crippen molar-refractivity contribution in [2.75, 3.05) is 46.2 Å². The number of piperidine rings is 1. The topological polar surface area (TPSA) is 93.2 Å². The number of carbonyl (C=O) groups is 2. The first-order valence-electron chi connectivity index (χ1n) is 12.0. The van der Waals surface area contributed by atoms with Gasteiger partial charge in [0.1, 0.15) is 17.3 Å². The van der Waals surface area contributed by atoms with Crippen LogP contribution in [0, 0.1) is 5.41 Å². The van der Waals surface area contributed by atoms with Gasteiger partial charge in [-0.25, -0.2) is 8.42 Å². The van der Waals surface area contributed by atoms with E-state index >= 15 is 0 Å². The Morgan fingerprint density at radius 2 is 1.61 bits per heavy atom. The molecule has 1 spiro atoms. The van der Waals surface area contributed by atoms with Crippen LogP contribution in [0.3, 0.4) is 0 Å². The highest BCUT2D eigenvalue weighted by molar-refractivity contribution is 7.95. The quantitative estimate of drug-likeness (QED) is 0.566. The number of sulfone groups is 1. The number of amides is 2. The Bertz CT molecular complexity index is 1230. The molecule has 2 heterocycles. The molecule has 2 aliphatic heterocycles. The average molecular weight is 513 g/mol. The summed E-state index contributed by atoms with van der Waals surface area (Å²) < 4.78 is 35.6. The number of likely N-dealkylation sites (tertiary alicyclic amines) is 2. The van der Waals surface area contributed by atoms with Crippen molar-refractivity contribution >= 4 is 27.7 Å². The summed E-state index contributed by atoms with van der Waals surface area (Å²) in [5, 5.41) is 1.11. The number of ether oxygens (including phenoxy) is 2. The van der Waals surface area contributed by atoms with Gasteiger partial charge in [0.2, 0.25) is 5.91 Å². The number of carbonyl (C=O) groups excluding carboxylic acids is 2. The highest BCUT2D eigenvalue weighted by atomic mass is 32.2. The van der Waals surface area contributed by atoms with E-state index in [9.17, 15) is 18.0 Å². The molecule has 0 radical (unpaired) electrons. The van der Waals surface area contributed by atoms with Crippen molar-refractivity contribution in [3.8, 4) is 11.5 Å². The highest BCUT2D eigenvalue weighted by Gasteiger charge is 2.43. The monoisotopic (exact) mass is 512 g/mol. The second kappa shape index (κ2) is 10.7. The molecule has 2 amide bonds. The molecule has 2 aliphatic rings. The van der Waals surface area contributed by atoms with Gasteiger partial charge in [-0.3, -0.25) is 9.59 Å². The molecule has 2 aromatic carbocycles. The first kappa shape index (κ1) is 25.8. The standard InChI is InChI=1S/C27H32N2O6S/c1-34-22-8-9-24(35-2)23(18-22)26(31)28-14-11-27(12-15-28)13-16-29(20-27)25(30)19-36(32,33)17-10-21-6-4-3-5-7-21/h3-10,17-18H,11-16,19-20H2,1-2H3/b17-10+. The molecule has 2 fully saturated rings. The second-order valence-electron chi connectivity index (χ2n) is 9.44. The van der Waals surface area contributed by atoms with E-state index in [2.05, 4.69) is 0 Å². The van der Waals surface area contributed by atoms with Crippen molar-refractivity contribution in [1.82, 2.24) is 9.80 Å². The first-order chi connectivity index (χ1) is 17.2. The van der Waals surface area contributed by atoms with Crippen LogP contribution in [-0.2, 0) is 14.6 Å². The molecule has 36 heavy (non-hydrogen) atoms. The van der Waals surface area contributed by atoms with Gasteiger partial charge in [-0.2, -0.15) is 0 Å². The normalized spacial score (nSPS) is 17.5. The largest absolute Gasteiger partial charge is 0.497 e. The van der Waals surface area contributed by atoms with Gasteiger partial charge in [0, 0.05) is 31.6 Å². The average Bonchev–Trinajstić information content (AvgIpc) is 3.31. The number of hydrogen-bond donors (Lipinski definition) is 0. The fourth-order valence-corrected chi connectivity index (χ4v) is 5.94. The van der Waals surface area contributed by atoms with Gasteiger partial charge in [0.25, 0.3) is 5.91 Å². The van der Waals surface area contributed by atoms with E-state index in [-0.39, 0.29) is 17.2 Å². The Morgan fingerprint density at radius 3 is 2.25 bits per heavy atom. The summed E-state index contributed by atoms with van der Waals surface area (Å²) in [4.78, 5) is 29.5. The predicted octanol–water partition coefficient (Wildman–Crippen LogP) is 3.24. The molecule has 8 nitrogen and oxygen atoms in total. The Morgan fingerprint density at radius 1 is 0.944 bits per heavy atom. The second-order valence-corrected chi connectivity index (χ2v) is 11.3. The third-order valence-corrected chi connectivity index (χ3v) is 8.33. The number of methoxy groups -OCH3 is 2. The van der Waals surface area contributed by atoms with E-state index in [0.717, 1.165) is 30.2 Å². The van der Waals surface area contributed by atoms with Gasteiger partial charge in [-0.15, -0.1) is 0 Å². The van der Waals surface area contributed by atoms with E-state index in [1.807, 2.05) is 23.1 Å². The summed E-state index contributed by atoms with van der Waals surface area (Å²) in [5.41, 5.74) is 1.14. The van der Waals surface area contributed by atoms with Crippen molar-refractivity contribution in [3.63, 3.8) is 0 Å². The van der Waals surface area contributed by atoms with E-state index in [4.69, 9.17) is 9.47 Å². The molecule has 9 heteroatoms. The van der Waals surface area contributed by atoms with Crippen LogP contribution in [0.1, 0.15) is 35.2 Å². The van der Waals surface area contributed by atoms with Crippen LogP contribution >= 0.6 is 0 Å². The van der Waals surface area contributed by atoms with Gasteiger partial charge in [0.15, 0.2) is 9.84 Å². The third-order valence-electron chi connectivity index (χ3n) is 7.13. The molecule has 0 unspecified atom stereocenters. The van der Waals surface area contributed by atoms with E-state index < -0.39 is 15.6 Å². The summed E-state index contributed by atoms with van der Waals surface area (Å²) in [6.45, 7) is 2.20. The fraction of sp³-hybridized carbons (Fsp3) is 0.407. The third kappa shape index (κ3) is 5.90. The summed E-state index contributed by atoms with van der Waals surface area (Å²) >= 11 is 0. The maximum atomic E-state index is 13.2. The molecule has 192 valence electrons. The summed E-state index contributed by atoms with van der Waals surface area (Å²) in [6.07, 6.45) is 3.84. The minimum absolute atomic E-state index is 0.0887. The van der Waals surface area contributed by atoms with Crippen molar-refractivity contribution in [2.24, 2.45) is 5.41 Å². The molecular formula is C27H32N2O6S. The SMILES string of the molecule is COc1ccc(OC)c(C(=O)N2CCC3(CCN(C(=O)CS(=O)(=O)/C=C/c4ccccc4)C3)CC2)c1. The molecule has 2 saturated heterocycles. The molecule has 2 aromatic rings. The van der Waals surface area contributed by atoms with E-state index in [0.29, 0.717) is 43.2 Å². The molecular weight excluding hydrogens is 480 g/mol. The van der Waals surface area contributed by atoms with Crippen LogP contribution in [-0.4, -0.2) is 76.2 Å². The molecule has 0 saturated carbocycles. The van der Waals surface area contributed by atoms with Crippen molar-refractivity contribution in [1.29, 1.82) is 0 Å². The predicted molar refractivity (Wildman–Crippen MR) is 138 cm³/mol. The van der Waals surface area contributed by atoms with Crippen molar-refractivity contribution in [3.05, 3.63) is 65.1 Å². The Kier molecular flexibility index (Phi) is 7.68. The number of rotatable bonds is 7. The van der Waals surface area contributed by atoms with Crippen LogP contribution in [0.2, 0.25) is 0 Å². The number of hydrogen-bond acceptors (Lipinski definition) is 6. The van der Waals surface area contributed by atoms with Crippen molar-refractivity contribution < 1.29 is 27.5 Å². The molecule has 4 rings (SSSR count). The maximum absolute atomic E-state index is 13.2. The lowest BCUT2D eigenvalue weighted by atomic mass is 9.77. The lowest BCUT2D eigenvalue weighted by molar-refractivity contribution is -0.128. The molecule has 0 atom stereocenters. The smallest absolute Gasteiger partial charge is 0.257 e. The summed E-state index contributed by atoms with van der Waals surface area (Å²) in [6, 6.07) is 14.3. The number of benzene rings is 2. The zero-order chi connectivity index (χ0) is 25.8. The summed E-state index contributed by atoms with van der Waals surface area (Å²) in [7, 11) is -0.581. The fourth-order valence-electron chi connectivity index (χ4n) is 4.95. The maximum Gasteiger partial charge on any atom is 0.257 e. The van der Waals surface area contributed by atoms with Crippen LogP contribution in [0.5, 0.6) is 11.5 Å². The zero-order valence-electron chi connectivity index (χ0n) is 20.7. The van der Waals surface area contributed by atoms with E-state index in [1.54, 1.807) is 42.3 Å². The van der Waals surface area contributed by atoms with Gasteiger partial charge >= 0.3 is 0 Å². The van der Waals surface area contributed by atoms with Crippen LogP contribution in [0.15, 0.2) is 53.9 Å². The van der Waals surface area contributed by atoms with Gasteiger partial charge in [-0.1, -0.05) is 30.3 Å². The van der Waals surface area contributed by atoms with Gasteiger partial charge < -0.3 is 19.3 Å². The Hall–Kier alpha value is -3.33. The number of nitrogens with zero attached hydrogens (tertiary/aromatic N) is 2. The van der Waals surface area contributed by atoms with Crippen LogP contribution in [0.25, 0.3) is 6.08 Å². The Balaban J connectivity index is 1.34. The first-order valence-corrected chi connectivity index (χ1v) is 13.7. The molecule has 0 aromatic heterocycles. The minimum Gasteiger partial charge on any atom is -0.497 e. The zero-order valence-corrected chi connectivity index (χ0v) is 21.5. The van der Waals surface area contributed by atoms with E-state index in [1.165, 1.54) is 13.2 Å². The molecule has 0 aliphatic carbocycles. The highest BCUT2D eigenvalue weighted by Crippen LogP contribution is 2.41. The van der Waals surface area contributed by atoms with Gasteiger partial charge in [-0.05, 0) is 54.5 Å². The molecule has 0 bridgehead atoms. The summed E-state index contributed by atoms with van der Waals surface area (Å²) in [5.74, 6) is 0.0755.